The second kappa shape index (κ2) is 4.44. The van der Waals surface area contributed by atoms with Gasteiger partial charge in [-0.2, -0.15) is 5.10 Å². The number of hydrogen-bond acceptors (Lipinski definition) is 4. The average molecular weight is 220 g/mol. The van der Waals surface area contributed by atoms with E-state index in [1.807, 2.05) is 24.7 Å². The third-order valence-electron chi connectivity index (χ3n) is 2.35. The van der Waals surface area contributed by atoms with Crippen LogP contribution in [0.4, 0.5) is 0 Å². The van der Waals surface area contributed by atoms with E-state index in [0.717, 1.165) is 17.9 Å². The first-order valence-electron chi connectivity index (χ1n) is 5.24. The second-order valence-electron chi connectivity index (χ2n) is 4.02. The molecule has 0 saturated carbocycles. The molecule has 0 aliphatic heterocycles. The van der Waals surface area contributed by atoms with Crippen molar-refractivity contribution in [2.75, 3.05) is 0 Å². The van der Waals surface area contributed by atoms with Gasteiger partial charge in [-0.15, -0.1) is 0 Å². The summed E-state index contributed by atoms with van der Waals surface area (Å²) in [5, 5.41) is 4.02. The molecule has 16 heavy (non-hydrogen) atoms. The minimum absolute atomic E-state index is 0.137. The minimum Gasteiger partial charge on any atom is -0.330 e. The van der Waals surface area contributed by atoms with Crippen LogP contribution in [0.5, 0.6) is 0 Å². The number of rotatable bonds is 4. The lowest BCUT2D eigenvalue weighted by Gasteiger charge is -2.01. The van der Waals surface area contributed by atoms with E-state index >= 15 is 0 Å². The highest BCUT2D eigenvalue weighted by molar-refractivity contribution is 5.00. The normalized spacial score (nSPS) is 12.9. The molecule has 86 valence electrons. The van der Waals surface area contributed by atoms with Crippen molar-refractivity contribution < 1.29 is 0 Å². The molecule has 0 aromatic carbocycles. The summed E-state index contributed by atoms with van der Waals surface area (Å²) in [4.78, 5) is 8.45. The van der Waals surface area contributed by atoms with Crippen molar-refractivity contribution in [1.29, 1.82) is 0 Å². The first-order valence-corrected chi connectivity index (χ1v) is 5.24. The summed E-state index contributed by atoms with van der Waals surface area (Å²) in [6, 6.07) is 0.137. The average Bonchev–Trinajstić information content (AvgIpc) is 2.77. The summed E-state index contributed by atoms with van der Waals surface area (Å²) in [7, 11) is 1.88. The lowest BCUT2D eigenvalue weighted by Crippen LogP contribution is -2.17. The molecule has 1 atom stereocenters. The van der Waals surface area contributed by atoms with Crippen LogP contribution in [0.2, 0.25) is 0 Å². The van der Waals surface area contributed by atoms with Gasteiger partial charge in [0, 0.05) is 25.7 Å². The van der Waals surface area contributed by atoms with Gasteiger partial charge in [-0.1, -0.05) is 0 Å². The third-order valence-corrected chi connectivity index (χ3v) is 2.35. The molecular weight excluding hydrogens is 204 g/mol. The molecule has 6 nitrogen and oxygen atoms in total. The summed E-state index contributed by atoms with van der Waals surface area (Å²) in [6.45, 7) is 2.66. The van der Waals surface area contributed by atoms with Crippen LogP contribution in [0.1, 0.15) is 18.4 Å². The van der Waals surface area contributed by atoms with Crippen molar-refractivity contribution >= 4 is 0 Å². The highest BCUT2D eigenvalue weighted by atomic mass is 15.3. The summed E-state index contributed by atoms with van der Waals surface area (Å²) in [5.41, 5.74) is 6.73. The Morgan fingerprint density at radius 1 is 1.44 bits per heavy atom. The molecule has 2 aromatic heterocycles. The fourth-order valence-electron chi connectivity index (χ4n) is 1.55. The van der Waals surface area contributed by atoms with E-state index < -0.39 is 0 Å². The Bertz CT molecular complexity index is 455. The molecule has 0 aliphatic carbocycles. The molecule has 1 unspecified atom stereocenters. The van der Waals surface area contributed by atoms with Gasteiger partial charge in [0.2, 0.25) is 0 Å². The Balaban J connectivity index is 2.05. The third kappa shape index (κ3) is 2.46. The Morgan fingerprint density at radius 2 is 2.25 bits per heavy atom. The predicted octanol–water partition coefficient (Wildman–Crippen LogP) is -0.0504. The van der Waals surface area contributed by atoms with Gasteiger partial charge < -0.3 is 10.3 Å². The predicted molar refractivity (Wildman–Crippen MR) is 59.7 cm³/mol. The van der Waals surface area contributed by atoms with Crippen molar-refractivity contribution in [3.05, 3.63) is 30.4 Å². The van der Waals surface area contributed by atoms with E-state index in [4.69, 9.17) is 5.73 Å². The SMILES string of the molecule is CC(N)Cc1cn(Cc2ncnn2C)cn1. The van der Waals surface area contributed by atoms with Gasteiger partial charge in [-0.3, -0.25) is 4.68 Å². The van der Waals surface area contributed by atoms with E-state index in [-0.39, 0.29) is 6.04 Å². The molecule has 0 amide bonds. The molecule has 0 fully saturated rings. The van der Waals surface area contributed by atoms with Crippen LogP contribution in [0.25, 0.3) is 0 Å². The fourth-order valence-corrected chi connectivity index (χ4v) is 1.55. The van der Waals surface area contributed by atoms with Crippen LogP contribution in [0.3, 0.4) is 0 Å². The molecule has 2 N–H and O–H groups in total. The van der Waals surface area contributed by atoms with Gasteiger partial charge >= 0.3 is 0 Å². The van der Waals surface area contributed by atoms with Gasteiger partial charge in [-0.25, -0.2) is 9.97 Å². The maximum atomic E-state index is 5.72. The molecule has 0 bridgehead atoms. The number of aromatic nitrogens is 5. The van der Waals surface area contributed by atoms with Gasteiger partial charge in [0.05, 0.1) is 18.6 Å². The van der Waals surface area contributed by atoms with Crippen LogP contribution in [0.15, 0.2) is 18.9 Å². The maximum absolute atomic E-state index is 5.72. The summed E-state index contributed by atoms with van der Waals surface area (Å²) < 4.78 is 3.74. The molecule has 6 heteroatoms. The summed E-state index contributed by atoms with van der Waals surface area (Å²) in [6.07, 6.45) is 6.14. The Morgan fingerprint density at radius 3 is 2.88 bits per heavy atom. The standard InChI is InChI=1S/C10H16N6/c1-8(11)3-9-4-16(7-13-9)5-10-12-6-14-15(10)2/h4,6-8H,3,5,11H2,1-2H3. The monoisotopic (exact) mass is 220 g/mol. The Labute approximate surface area is 94.1 Å². The van der Waals surface area contributed by atoms with Crippen LogP contribution in [-0.2, 0) is 20.0 Å². The zero-order valence-corrected chi connectivity index (χ0v) is 9.54. The molecular formula is C10H16N6. The van der Waals surface area contributed by atoms with E-state index in [9.17, 15) is 0 Å². The van der Waals surface area contributed by atoms with E-state index in [0.29, 0.717) is 6.54 Å². The molecule has 2 heterocycles. The zero-order chi connectivity index (χ0) is 11.5. The molecule has 0 aliphatic rings. The maximum Gasteiger partial charge on any atom is 0.146 e. The molecule has 0 radical (unpaired) electrons. The van der Waals surface area contributed by atoms with Crippen LogP contribution >= 0.6 is 0 Å². The van der Waals surface area contributed by atoms with Crippen LogP contribution in [-0.4, -0.2) is 30.4 Å². The second-order valence-corrected chi connectivity index (χ2v) is 4.02. The largest absolute Gasteiger partial charge is 0.330 e. The Kier molecular flexibility index (Phi) is 3.00. The van der Waals surface area contributed by atoms with Crippen molar-refractivity contribution in [2.24, 2.45) is 12.8 Å². The number of aryl methyl sites for hydroxylation is 1. The van der Waals surface area contributed by atoms with Gasteiger partial charge in [0.1, 0.15) is 12.2 Å². The number of nitrogens with two attached hydrogens (primary N) is 1. The fraction of sp³-hybridized carbons (Fsp3) is 0.500. The first-order chi connectivity index (χ1) is 7.65. The van der Waals surface area contributed by atoms with Gasteiger partial charge in [0.15, 0.2) is 0 Å². The highest BCUT2D eigenvalue weighted by Gasteiger charge is 2.05. The van der Waals surface area contributed by atoms with Crippen molar-refractivity contribution in [3.63, 3.8) is 0 Å². The smallest absolute Gasteiger partial charge is 0.146 e. The zero-order valence-electron chi connectivity index (χ0n) is 9.54. The summed E-state index contributed by atoms with van der Waals surface area (Å²) >= 11 is 0. The molecule has 0 saturated heterocycles. The van der Waals surface area contributed by atoms with E-state index in [1.54, 1.807) is 17.3 Å². The highest BCUT2D eigenvalue weighted by Crippen LogP contribution is 2.02. The molecule has 2 aromatic rings. The van der Waals surface area contributed by atoms with Crippen molar-refractivity contribution in [1.82, 2.24) is 24.3 Å². The van der Waals surface area contributed by atoms with Gasteiger partial charge in [0.25, 0.3) is 0 Å². The summed E-state index contributed by atoms with van der Waals surface area (Å²) in [5.74, 6) is 0.907. The lowest BCUT2D eigenvalue weighted by molar-refractivity contribution is 0.652. The van der Waals surface area contributed by atoms with Crippen LogP contribution in [0, 0.1) is 0 Å². The number of nitrogens with zero attached hydrogens (tertiary/aromatic N) is 5. The van der Waals surface area contributed by atoms with Gasteiger partial charge in [-0.05, 0) is 6.92 Å². The first kappa shape index (κ1) is 10.8. The van der Waals surface area contributed by atoms with Crippen LogP contribution < -0.4 is 5.73 Å². The van der Waals surface area contributed by atoms with Crippen molar-refractivity contribution in [3.8, 4) is 0 Å². The van der Waals surface area contributed by atoms with Crippen molar-refractivity contribution in [2.45, 2.75) is 25.9 Å². The van der Waals surface area contributed by atoms with E-state index in [1.165, 1.54) is 0 Å². The number of imidazole rings is 1. The van der Waals surface area contributed by atoms with E-state index in [2.05, 4.69) is 15.1 Å². The molecule has 2 rings (SSSR count). The quantitative estimate of drug-likeness (QED) is 0.784. The number of hydrogen-bond donors (Lipinski definition) is 1. The molecule has 0 spiro atoms. The Hall–Kier alpha value is -1.69. The topological polar surface area (TPSA) is 74.6 Å². The minimum atomic E-state index is 0.137. The lowest BCUT2D eigenvalue weighted by atomic mass is 10.2.